The van der Waals surface area contributed by atoms with Gasteiger partial charge < -0.3 is 9.62 Å². The van der Waals surface area contributed by atoms with Crippen LogP contribution >= 0.6 is 0 Å². The van der Waals surface area contributed by atoms with Crippen molar-refractivity contribution in [3.8, 4) is 0 Å². The van der Waals surface area contributed by atoms with Crippen molar-refractivity contribution in [3.63, 3.8) is 0 Å². The van der Waals surface area contributed by atoms with E-state index in [2.05, 4.69) is 9.62 Å². The van der Waals surface area contributed by atoms with E-state index in [4.69, 9.17) is 5.26 Å². The first-order chi connectivity index (χ1) is 3.91. The second kappa shape index (κ2) is 6.04. The molecule has 0 atom stereocenters. The largest absolute Gasteiger partial charge is 0.470 e. The molecule has 0 unspecified atom stereocenters. The Bertz CT molecular complexity index is 85.7. The molecule has 0 spiro atoms. The summed E-state index contributed by atoms with van der Waals surface area (Å²) < 4.78 is 4.58. The van der Waals surface area contributed by atoms with Crippen LogP contribution in [0.3, 0.4) is 0 Å². The van der Waals surface area contributed by atoms with Crippen molar-refractivity contribution in [1.82, 2.24) is 0 Å². The van der Waals surface area contributed by atoms with Crippen LogP contribution in [0.2, 0.25) is 0 Å². The highest BCUT2D eigenvalue weighted by Gasteiger charge is 1.63. The summed E-state index contributed by atoms with van der Waals surface area (Å²) in [6, 6.07) is 0. The standard InChI is InChI=1S/C5H8O3/c1-2-3-7-4-5-8-6/h2-6H,1H3. The Morgan fingerprint density at radius 1 is 1.25 bits per heavy atom. The summed E-state index contributed by atoms with van der Waals surface area (Å²) in [7, 11) is 0. The maximum atomic E-state index is 7.67. The molecule has 0 radical (unpaired) electrons. The maximum absolute atomic E-state index is 7.67. The van der Waals surface area contributed by atoms with Gasteiger partial charge in [0.05, 0.1) is 6.26 Å². The van der Waals surface area contributed by atoms with Gasteiger partial charge in [0.25, 0.3) is 0 Å². The van der Waals surface area contributed by atoms with E-state index in [0.29, 0.717) is 0 Å². The second-order valence-electron chi connectivity index (χ2n) is 0.983. The highest BCUT2D eigenvalue weighted by molar-refractivity contribution is 4.70. The lowest BCUT2D eigenvalue weighted by Crippen LogP contribution is -1.67. The van der Waals surface area contributed by atoms with E-state index >= 15 is 0 Å². The molecule has 0 saturated heterocycles. The molecule has 3 nitrogen and oxygen atoms in total. The minimum Gasteiger partial charge on any atom is -0.470 e. The smallest absolute Gasteiger partial charge is 0.164 e. The molecule has 0 aromatic heterocycles. The number of hydrogen-bond acceptors (Lipinski definition) is 3. The summed E-state index contributed by atoms with van der Waals surface area (Å²) in [5, 5.41) is 7.67. The molecule has 3 heteroatoms. The van der Waals surface area contributed by atoms with Crippen LogP contribution < -0.4 is 0 Å². The van der Waals surface area contributed by atoms with Crippen LogP contribution in [-0.2, 0) is 9.62 Å². The van der Waals surface area contributed by atoms with E-state index in [1.165, 1.54) is 12.5 Å². The lowest BCUT2D eigenvalue weighted by molar-refractivity contribution is -0.188. The third-order valence-corrected chi connectivity index (χ3v) is 0.410. The van der Waals surface area contributed by atoms with Gasteiger partial charge in [-0.2, -0.15) is 0 Å². The topological polar surface area (TPSA) is 38.7 Å². The van der Waals surface area contributed by atoms with E-state index < -0.39 is 0 Å². The average molecular weight is 116 g/mol. The van der Waals surface area contributed by atoms with Crippen molar-refractivity contribution in [2.45, 2.75) is 6.92 Å². The Kier molecular flexibility index (Phi) is 5.32. The molecule has 0 aliphatic heterocycles. The zero-order valence-corrected chi connectivity index (χ0v) is 4.57. The quantitative estimate of drug-likeness (QED) is 0.345. The van der Waals surface area contributed by atoms with Crippen molar-refractivity contribution in [1.29, 1.82) is 0 Å². The minimum atomic E-state index is 1.01. The van der Waals surface area contributed by atoms with Gasteiger partial charge in [0.1, 0.15) is 6.26 Å². The van der Waals surface area contributed by atoms with Gasteiger partial charge >= 0.3 is 0 Å². The summed E-state index contributed by atoms with van der Waals surface area (Å²) in [4.78, 5) is 3.55. The van der Waals surface area contributed by atoms with Crippen LogP contribution in [0.4, 0.5) is 0 Å². The van der Waals surface area contributed by atoms with Gasteiger partial charge in [-0.3, -0.25) is 0 Å². The van der Waals surface area contributed by atoms with Crippen molar-refractivity contribution in [3.05, 3.63) is 24.9 Å². The molecule has 0 aliphatic carbocycles. The van der Waals surface area contributed by atoms with E-state index in [0.717, 1.165) is 6.26 Å². The highest BCUT2D eigenvalue weighted by Crippen LogP contribution is 1.78. The van der Waals surface area contributed by atoms with Crippen LogP contribution in [0.15, 0.2) is 24.9 Å². The maximum Gasteiger partial charge on any atom is 0.164 e. The predicted molar refractivity (Wildman–Crippen MR) is 28.8 cm³/mol. The van der Waals surface area contributed by atoms with Crippen LogP contribution in [-0.4, -0.2) is 5.26 Å². The van der Waals surface area contributed by atoms with Crippen molar-refractivity contribution < 1.29 is 14.9 Å². The fourth-order valence-corrected chi connectivity index (χ4v) is 0.181. The molecule has 46 valence electrons. The monoisotopic (exact) mass is 116 g/mol. The number of allylic oxidation sites excluding steroid dienone is 1. The fourth-order valence-electron chi connectivity index (χ4n) is 0.181. The van der Waals surface area contributed by atoms with E-state index in [-0.39, 0.29) is 0 Å². The molecule has 0 aromatic carbocycles. The molecule has 0 bridgehead atoms. The zero-order chi connectivity index (χ0) is 6.24. The number of rotatable bonds is 3. The van der Waals surface area contributed by atoms with E-state index in [9.17, 15) is 0 Å². The second-order valence-corrected chi connectivity index (χ2v) is 0.983. The summed E-state index contributed by atoms with van der Waals surface area (Å²) in [6.07, 6.45) is 5.39. The summed E-state index contributed by atoms with van der Waals surface area (Å²) in [5.74, 6) is 0. The molecule has 0 rings (SSSR count). The number of hydrogen-bond donors (Lipinski definition) is 1. The molecule has 0 aromatic rings. The molecule has 0 saturated carbocycles. The SMILES string of the molecule is CC=COC=COO. The molecule has 0 fully saturated rings. The molecule has 1 N–H and O–H groups in total. The lowest BCUT2D eigenvalue weighted by Gasteiger charge is -1.84. The number of ether oxygens (including phenoxy) is 1. The van der Waals surface area contributed by atoms with Crippen LogP contribution in [0.25, 0.3) is 0 Å². The lowest BCUT2D eigenvalue weighted by atomic mass is 10.7. The van der Waals surface area contributed by atoms with Crippen LogP contribution in [0.1, 0.15) is 6.92 Å². The molecular formula is C5H8O3. The minimum absolute atomic E-state index is 1.01. The third kappa shape index (κ3) is 5.04. The van der Waals surface area contributed by atoms with Gasteiger partial charge in [-0.1, -0.05) is 6.08 Å². The third-order valence-electron chi connectivity index (χ3n) is 0.410. The van der Waals surface area contributed by atoms with E-state index in [1.807, 2.05) is 6.92 Å². The van der Waals surface area contributed by atoms with E-state index in [1.54, 1.807) is 6.08 Å². The molecule has 0 amide bonds. The van der Waals surface area contributed by atoms with Gasteiger partial charge in [-0.25, -0.2) is 5.26 Å². The molecule has 0 heterocycles. The van der Waals surface area contributed by atoms with Gasteiger partial charge in [0.15, 0.2) is 6.26 Å². The molecular weight excluding hydrogens is 108 g/mol. The fraction of sp³-hybridized carbons (Fsp3) is 0.200. The Morgan fingerprint density at radius 2 is 2.00 bits per heavy atom. The Hall–Kier alpha value is -0.960. The molecule has 8 heavy (non-hydrogen) atoms. The van der Waals surface area contributed by atoms with Crippen molar-refractivity contribution >= 4 is 0 Å². The van der Waals surface area contributed by atoms with Crippen molar-refractivity contribution in [2.24, 2.45) is 0 Å². The zero-order valence-electron chi connectivity index (χ0n) is 4.57. The first-order valence-electron chi connectivity index (χ1n) is 2.13. The molecule has 0 aliphatic rings. The highest BCUT2D eigenvalue weighted by atomic mass is 17.1. The summed E-state index contributed by atoms with van der Waals surface area (Å²) in [5.41, 5.74) is 0. The van der Waals surface area contributed by atoms with Crippen LogP contribution in [0.5, 0.6) is 0 Å². The Labute approximate surface area is 47.8 Å². The van der Waals surface area contributed by atoms with Gasteiger partial charge in [-0.15, -0.1) is 0 Å². The van der Waals surface area contributed by atoms with Crippen molar-refractivity contribution in [2.75, 3.05) is 0 Å². The Morgan fingerprint density at radius 3 is 2.50 bits per heavy atom. The van der Waals surface area contributed by atoms with Gasteiger partial charge in [0, 0.05) is 0 Å². The normalized spacial score (nSPS) is 10.8. The van der Waals surface area contributed by atoms with Crippen LogP contribution in [0, 0.1) is 0 Å². The van der Waals surface area contributed by atoms with Gasteiger partial charge in [0.2, 0.25) is 0 Å². The van der Waals surface area contributed by atoms with Gasteiger partial charge in [-0.05, 0) is 6.92 Å². The first kappa shape index (κ1) is 7.04. The predicted octanol–water partition coefficient (Wildman–Crippen LogP) is 1.50. The summed E-state index contributed by atoms with van der Waals surface area (Å²) in [6.45, 7) is 1.81. The average Bonchev–Trinajstić information content (AvgIpc) is 1.81. The summed E-state index contributed by atoms with van der Waals surface area (Å²) >= 11 is 0. The Balaban J connectivity index is 3.03. The first-order valence-corrected chi connectivity index (χ1v) is 2.13.